The highest BCUT2D eigenvalue weighted by molar-refractivity contribution is 7.89. The van der Waals surface area contributed by atoms with E-state index in [2.05, 4.69) is 20.0 Å². The predicted octanol–water partition coefficient (Wildman–Crippen LogP) is 3.56. The summed E-state index contributed by atoms with van der Waals surface area (Å²) in [6, 6.07) is 19.9. The Balaban J connectivity index is 1.66. The van der Waals surface area contributed by atoms with Crippen LogP contribution in [0, 0.1) is 6.92 Å². The molecular formula is C22H19N5O2S. The van der Waals surface area contributed by atoms with Crippen LogP contribution in [0.15, 0.2) is 95.3 Å². The molecule has 0 spiro atoms. The largest absolute Gasteiger partial charge is 0.276 e. The van der Waals surface area contributed by atoms with E-state index in [1.54, 1.807) is 47.5 Å². The molecule has 0 aliphatic carbocycles. The van der Waals surface area contributed by atoms with Gasteiger partial charge in [-0.25, -0.2) is 9.51 Å². The van der Waals surface area contributed by atoms with Gasteiger partial charge >= 0.3 is 0 Å². The zero-order valence-electron chi connectivity index (χ0n) is 16.2. The van der Waals surface area contributed by atoms with Gasteiger partial charge in [0.15, 0.2) is 0 Å². The van der Waals surface area contributed by atoms with Crippen molar-refractivity contribution in [3.8, 4) is 16.9 Å². The smallest absolute Gasteiger partial charge is 0.264 e. The Labute approximate surface area is 174 Å². The maximum atomic E-state index is 12.5. The van der Waals surface area contributed by atoms with E-state index in [9.17, 15) is 8.42 Å². The van der Waals surface area contributed by atoms with Crippen LogP contribution >= 0.6 is 0 Å². The van der Waals surface area contributed by atoms with E-state index in [0.717, 1.165) is 16.8 Å². The minimum Gasteiger partial charge on any atom is -0.264 e. The first-order chi connectivity index (χ1) is 14.5. The zero-order valence-corrected chi connectivity index (χ0v) is 17.0. The van der Waals surface area contributed by atoms with Crippen molar-refractivity contribution >= 4 is 16.2 Å². The highest BCUT2D eigenvalue weighted by Crippen LogP contribution is 2.22. The number of aromatic nitrogens is 3. The summed E-state index contributed by atoms with van der Waals surface area (Å²) < 4.78 is 26.6. The average Bonchev–Trinajstić information content (AvgIpc) is 3.19. The summed E-state index contributed by atoms with van der Waals surface area (Å²) in [7, 11) is -3.76. The SMILES string of the molecule is Cc1ccc(S(=O)(=O)N/N=C/c2cn(-c3ccccc3)nc2-c2cccnc2)cc1. The third kappa shape index (κ3) is 4.28. The second kappa shape index (κ2) is 8.30. The van der Waals surface area contributed by atoms with Gasteiger partial charge < -0.3 is 0 Å². The van der Waals surface area contributed by atoms with Crippen molar-refractivity contribution in [2.45, 2.75) is 11.8 Å². The van der Waals surface area contributed by atoms with Crippen molar-refractivity contribution in [1.29, 1.82) is 0 Å². The molecule has 30 heavy (non-hydrogen) atoms. The van der Waals surface area contributed by atoms with Crippen LogP contribution in [0.5, 0.6) is 0 Å². The molecule has 2 aromatic heterocycles. The van der Waals surface area contributed by atoms with Crippen molar-refractivity contribution in [3.05, 3.63) is 96.4 Å². The number of hydrogen-bond donors (Lipinski definition) is 1. The van der Waals surface area contributed by atoms with E-state index in [1.807, 2.05) is 49.4 Å². The van der Waals surface area contributed by atoms with Crippen LogP contribution < -0.4 is 4.83 Å². The lowest BCUT2D eigenvalue weighted by Gasteiger charge is -2.03. The molecule has 0 atom stereocenters. The van der Waals surface area contributed by atoms with E-state index in [0.29, 0.717) is 11.3 Å². The molecule has 8 heteroatoms. The summed E-state index contributed by atoms with van der Waals surface area (Å²) >= 11 is 0. The first-order valence-electron chi connectivity index (χ1n) is 9.20. The van der Waals surface area contributed by atoms with Gasteiger partial charge in [-0.3, -0.25) is 4.98 Å². The van der Waals surface area contributed by atoms with Gasteiger partial charge in [0, 0.05) is 29.7 Å². The van der Waals surface area contributed by atoms with Crippen LogP contribution in [-0.2, 0) is 10.0 Å². The molecule has 0 saturated carbocycles. The van der Waals surface area contributed by atoms with Crippen LogP contribution in [0.2, 0.25) is 0 Å². The number of hydrazone groups is 1. The van der Waals surface area contributed by atoms with Gasteiger partial charge in [-0.15, -0.1) is 0 Å². The molecule has 0 fully saturated rings. The maximum Gasteiger partial charge on any atom is 0.276 e. The summed E-state index contributed by atoms with van der Waals surface area (Å²) in [6.45, 7) is 1.90. The molecule has 150 valence electrons. The molecule has 0 amide bonds. The Hall–Kier alpha value is -3.78. The molecule has 0 saturated heterocycles. The first-order valence-corrected chi connectivity index (χ1v) is 10.7. The Kier molecular flexibility index (Phi) is 5.40. The molecule has 0 unspecified atom stereocenters. The fourth-order valence-corrected chi connectivity index (χ4v) is 3.65. The van der Waals surface area contributed by atoms with Gasteiger partial charge in [-0.05, 0) is 43.3 Å². The van der Waals surface area contributed by atoms with Gasteiger partial charge in [0.1, 0.15) is 5.69 Å². The fraction of sp³-hybridized carbons (Fsp3) is 0.0455. The van der Waals surface area contributed by atoms with Crippen molar-refractivity contribution in [3.63, 3.8) is 0 Å². The summed E-state index contributed by atoms with van der Waals surface area (Å²) in [5, 5.41) is 8.61. The second-order valence-electron chi connectivity index (χ2n) is 6.62. The quantitative estimate of drug-likeness (QED) is 0.384. The van der Waals surface area contributed by atoms with Gasteiger partial charge in [-0.2, -0.15) is 18.6 Å². The molecule has 0 aliphatic heterocycles. The van der Waals surface area contributed by atoms with E-state index in [-0.39, 0.29) is 4.90 Å². The number of nitrogens with one attached hydrogen (secondary N) is 1. The Morgan fingerprint density at radius 2 is 1.77 bits per heavy atom. The lowest BCUT2D eigenvalue weighted by atomic mass is 10.1. The summed E-state index contributed by atoms with van der Waals surface area (Å²) in [5.74, 6) is 0. The number of benzene rings is 2. The standard InChI is InChI=1S/C22H19N5O2S/c1-17-9-11-21(12-10-17)30(28,29)26-24-15-19-16-27(20-7-3-2-4-8-20)25-22(19)18-6-5-13-23-14-18/h2-16,26H,1H3/b24-15+. The third-order valence-electron chi connectivity index (χ3n) is 4.41. The lowest BCUT2D eigenvalue weighted by Crippen LogP contribution is -2.18. The minimum absolute atomic E-state index is 0.151. The van der Waals surface area contributed by atoms with Crippen LogP contribution in [0.3, 0.4) is 0 Å². The van der Waals surface area contributed by atoms with Crippen LogP contribution in [-0.4, -0.2) is 29.4 Å². The summed E-state index contributed by atoms with van der Waals surface area (Å²) in [6.07, 6.45) is 6.62. The number of sulfonamides is 1. The Morgan fingerprint density at radius 1 is 1.00 bits per heavy atom. The normalized spacial score (nSPS) is 11.6. The van der Waals surface area contributed by atoms with Gasteiger partial charge in [0.2, 0.25) is 0 Å². The number of hydrogen-bond acceptors (Lipinski definition) is 5. The summed E-state index contributed by atoms with van der Waals surface area (Å²) in [4.78, 5) is 6.56. The number of rotatable bonds is 6. The average molecular weight is 417 g/mol. The number of pyridine rings is 1. The van der Waals surface area contributed by atoms with Gasteiger partial charge in [0.25, 0.3) is 10.0 Å². The van der Waals surface area contributed by atoms with E-state index in [1.165, 1.54) is 6.21 Å². The summed E-state index contributed by atoms with van der Waals surface area (Å²) in [5.41, 5.74) is 3.95. The maximum absolute atomic E-state index is 12.5. The molecule has 0 radical (unpaired) electrons. The zero-order chi connectivity index (χ0) is 21.0. The van der Waals surface area contributed by atoms with E-state index < -0.39 is 10.0 Å². The minimum atomic E-state index is -3.76. The van der Waals surface area contributed by atoms with Gasteiger partial charge in [-0.1, -0.05) is 35.9 Å². The van der Waals surface area contributed by atoms with E-state index >= 15 is 0 Å². The topological polar surface area (TPSA) is 89.2 Å². The molecule has 4 aromatic rings. The Bertz CT molecular complexity index is 1270. The van der Waals surface area contributed by atoms with Gasteiger partial charge in [0.05, 0.1) is 16.8 Å². The first kappa shape index (κ1) is 19.5. The van der Waals surface area contributed by atoms with Crippen molar-refractivity contribution in [2.75, 3.05) is 0 Å². The predicted molar refractivity (Wildman–Crippen MR) is 116 cm³/mol. The second-order valence-corrected chi connectivity index (χ2v) is 8.28. The van der Waals surface area contributed by atoms with Crippen LogP contribution in [0.4, 0.5) is 0 Å². The third-order valence-corrected chi connectivity index (χ3v) is 5.64. The number of aryl methyl sites for hydroxylation is 1. The van der Waals surface area contributed by atoms with Crippen molar-refractivity contribution in [1.82, 2.24) is 19.6 Å². The van der Waals surface area contributed by atoms with E-state index in [4.69, 9.17) is 0 Å². The number of nitrogens with zero attached hydrogens (tertiary/aromatic N) is 4. The molecule has 1 N–H and O–H groups in total. The van der Waals surface area contributed by atoms with Crippen molar-refractivity contribution < 1.29 is 8.42 Å². The van der Waals surface area contributed by atoms with Crippen LogP contribution in [0.1, 0.15) is 11.1 Å². The highest BCUT2D eigenvalue weighted by atomic mass is 32.2. The molecule has 2 heterocycles. The molecule has 0 bridgehead atoms. The Morgan fingerprint density at radius 3 is 2.47 bits per heavy atom. The van der Waals surface area contributed by atoms with Crippen LogP contribution in [0.25, 0.3) is 16.9 Å². The highest BCUT2D eigenvalue weighted by Gasteiger charge is 2.14. The molecular weight excluding hydrogens is 398 g/mol. The molecule has 7 nitrogen and oxygen atoms in total. The van der Waals surface area contributed by atoms with Crippen molar-refractivity contribution in [2.24, 2.45) is 5.10 Å². The molecule has 4 rings (SSSR count). The number of para-hydroxylation sites is 1. The molecule has 0 aliphatic rings. The molecule has 2 aromatic carbocycles. The lowest BCUT2D eigenvalue weighted by molar-refractivity contribution is 0.584. The monoisotopic (exact) mass is 417 g/mol. The fourth-order valence-electron chi connectivity index (χ4n) is 2.86.